The van der Waals surface area contributed by atoms with Crippen molar-refractivity contribution in [1.29, 1.82) is 0 Å². The first-order valence-corrected chi connectivity index (χ1v) is 22.8. The van der Waals surface area contributed by atoms with Gasteiger partial charge in [-0.05, 0) is 126 Å². The zero-order chi connectivity index (χ0) is 38.5. The Balaban J connectivity index is 0.736. The van der Waals surface area contributed by atoms with Gasteiger partial charge in [0, 0.05) is 80.5 Å². The van der Waals surface area contributed by atoms with Crippen LogP contribution in [0.25, 0.3) is 18.2 Å². The summed E-state index contributed by atoms with van der Waals surface area (Å²) in [6, 6.07) is 13.5. The highest BCUT2D eigenvalue weighted by atomic mass is 33.1. The lowest BCUT2D eigenvalue weighted by atomic mass is 9.90. The molecule has 0 spiro atoms. The SMILES string of the molecule is C=CC(/C=C/c1cc2c3c(c1)CCCN3CCC2)=C\C=NCC(=O)NCCSSCCNC(=O)C[n+]1ccc(/C=C/c2cc3c4c(c2)CCCN4CCC3)cc1. The Morgan fingerprint density at radius 3 is 1.75 bits per heavy atom. The van der Waals surface area contributed by atoms with Crippen LogP contribution < -0.4 is 25.0 Å². The Kier molecular flexibility index (Phi) is 14.2. The number of allylic oxidation sites excluding steroid dienone is 4. The van der Waals surface area contributed by atoms with E-state index in [2.05, 4.69) is 92.7 Å². The van der Waals surface area contributed by atoms with Crippen molar-refractivity contribution in [1.82, 2.24) is 10.6 Å². The third-order valence-corrected chi connectivity index (χ3v) is 13.2. The van der Waals surface area contributed by atoms with Crippen molar-refractivity contribution >= 4 is 69.2 Å². The minimum absolute atomic E-state index is 0.00447. The van der Waals surface area contributed by atoms with Crippen LogP contribution in [0.1, 0.15) is 64.6 Å². The Bertz CT molecular complexity index is 1940. The fraction of sp³-hybridized carbons (Fsp3) is 0.391. The van der Waals surface area contributed by atoms with Gasteiger partial charge in [0.25, 0.3) is 5.91 Å². The molecular weight excluding hydrogens is 733 g/mol. The number of benzene rings is 2. The van der Waals surface area contributed by atoms with Gasteiger partial charge in [-0.2, -0.15) is 4.57 Å². The van der Waals surface area contributed by atoms with E-state index in [0.29, 0.717) is 13.1 Å². The quantitative estimate of drug-likeness (QED) is 0.0502. The third-order valence-electron chi connectivity index (χ3n) is 10.8. The van der Waals surface area contributed by atoms with Crippen LogP contribution in [0.4, 0.5) is 11.4 Å². The van der Waals surface area contributed by atoms with Gasteiger partial charge in [-0.1, -0.05) is 58.5 Å². The molecular formula is C46H55N6O2S2+. The number of pyridine rings is 1. The highest BCUT2D eigenvalue weighted by Gasteiger charge is 2.25. The van der Waals surface area contributed by atoms with Crippen molar-refractivity contribution in [3.05, 3.63) is 118 Å². The number of anilines is 2. The van der Waals surface area contributed by atoms with Crippen LogP contribution in [0, 0.1) is 0 Å². The van der Waals surface area contributed by atoms with Gasteiger partial charge >= 0.3 is 0 Å². The highest BCUT2D eigenvalue weighted by molar-refractivity contribution is 8.76. The number of aromatic nitrogens is 1. The minimum Gasteiger partial charge on any atom is -0.371 e. The van der Waals surface area contributed by atoms with Crippen LogP contribution in [-0.4, -0.2) is 75.3 Å². The first-order valence-electron chi connectivity index (χ1n) is 20.3. The normalized spacial score (nSPS) is 16.3. The first kappa shape index (κ1) is 39.7. The van der Waals surface area contributed by atoms with E-state index in [1.54, 1.807) is 27.8 Å². The molecule has 7 rings (SSSR count). The van der Waals surface area contributed by atoms with Gasteiger partial charge in [-0.15, -0.1) is 0 Å². The van der Waals surface area contributed by atoms with Crippen LogP contribution in [-0.2, 0) is 41.8 Å². The smallest absolute Gasteiger partial charge is 0.286 e. The second-order valence-electron chi connectivity index (χ2n) is 14.9. The molecule has 292 valence electrons. The predicted molar refractivity (Wildman–Crippen MR) is 238 cm³/mol. The molecule has 10 heteroatoms. The molecule has 0 bridgehead atoms. The predicted octanol–water partition coefficient (Wildman–Crippen LogP) is 7.05. The summed E-state index contributed by atoms with van der Waals surface area (Å²) in [5.41, 5.74) is 13.5. The van der Waals surface area contributed by atoms with Crippen LogP contribution in [0.3, 0.4) is 0 Å². The monoisotopic (exact) mass is 787 g/mol. The molecule has 2 N–H and O–H groups in total. The Morgan fingerprint density at radius 2 is 1.21 bits per heavy atom. The van der Waals surface area contributed by atoms with E-state index in [0.717, 1.165) is 35.5 Å². The van der Waals surface area contributed by atoms with E-state index in [1.165, 1.54) is 109 Å². The summed E-state index contributed by atoms with van der Waals surface area (Å²) in [7, 11) is 3.38. The van der Waals surface area contributed by atoms with Crippen LogP contribution in [0.2, 0.25) is 0 Å². The molecule has 8 nitrogen and oxygen atoms in total. The molecule has 0 radical (unpaired) electrons. The number of carbonyl (C=O) groups excluding carboxylic acids is 2. The van der Waals surface area contributed by atoms with Gasteiger partial charge in [0.1, 0.15) is 6.54 Å². The van der Waals surface area contributed by atoms with Crippen LogP contribution >= 0.6 is 21.6 Å². The summed E-state index contributed by atoms with van der Waals surface area (Å²) in [6.45, 7) is 10.3. The maximum atomic E-state index is 12.5. The van der Waals surface area contributed by atoms with Crippen molar-refractivity contribution in [2.45, 2.75) is 57.9 Å². The Hall–Kier alpha value is -4.54. The molecule has 0 saturated heterocycles. The second kappa shape index (κ2) is 20.1. The summed E-state index contributed by atoms with van der Waals surface area (Å²) in [5, 5.41) is 5.93. The molecule has 0 unspecified atom stereocenters. The van der Waals surface area contributed by atoms with Crippen LogP contribution in [0.15, 0.2) is 84.2 Å². The molecule has 0 atom stereocenters. The van der Waals surface area contributed by atoms with E-state index in [-0.39, 0.29) is 24.9 Å². The summed E-state index contributed by atoms with van der Waals surface area (Å²) in [4.78, 5) is 34.2. The summed E-state index contributed by atoms with van der Waals surface area (Å²) in [5.74, 6) is 1.47. The summed E-state index contributed by atoms with van der Waals surface area (Å²) in [6.07, 6.45) is 27.5. The number of rotatable bonds is 17. The van der Waals surface area contributed by atoms with E-state index in [9.17, 15) is 9.59 Å². The molecule has 4 aliphatic heterocycles. The minimum atomic E-state index is -0.0999. The average Bonchev–Trinajstić information content (AvgIpc) is 3.21. The van der Waals surface area contributed by atoms with E-state index in [4.69, 9.17) is 0 Å². The second-order valence-corrected chi connectivity index (χ2v) is 17.6. The summed E-state index contributed by atoms with van der Waals surface area (Å²) < 4.78 is 1.91. The van der Waals surface area contributed by atoms with Gasteiger partial charge in [0.15, 0.2) is 12.4 Å². The number of hydrogen-bond donors (Lipinski definition) is 2. The number of nitrogens with zero attached hydrogens (tertiary/aromatic N) is 4. The van der Waals surface area contributed by atoms with E-state index >= 15 is 0 Å². The van der Waals surface area contributed by atoms with Crippen molar-refractivity contribution in [3.63, 3.8) is 0 Å². The van der Waals surface area contributed by atoms with Gasteiger partial charge in [0.2, 0.25) is 12.5 Å². The number of carbonyl (C=O) groups is 2. The van der Waals surface area contributed by atoms with Gasteiger partial charge < -0.3 is 20.4 Å². The number of aliphatic imine (C=N–C) groups is 1. The average molecular weight is 788 g/mol. The molecule has 2 amide bonds. The molecule has 0 fully saturated rings. The van der Waals surface area contributed by atoms with Gasteiger partial charge in [-0.3, -0.25) is 14.6 Å². The number of amides is 2. The van der Waals surface area contributed by atoms with Gasteiger partial charge in [0.05, 0.1) is 0 Å². The lowest BCUT2D eigenvalue weighted by Crippen LogP contribution is -2.42. The molecule has 56 heavy (non-hydrogen) atoms. The number of aryl methyl sites for hydroxylation is 4. The zero-order valence-electron chi connectivity index (χ0n) is 32.5. The molecule has 0 saturated carbocycles. The lowest BCUT2D eigenvalue weighted by Gasteiger charge is -2.37. The standard InChI is InChI=1S/C46H54N6O2S2/c1-2-35(11-13-37-29-39-7-3-21-51-22-4-8-40(30-37)45(39)51)15-18-47-33-43(53)48-19-27-55-56-28-20-49-44(54)34-50-25-16-36(17-26-50)12-14-38-31-41-9-5-23-52-24-6-10-42(32-38)46(41)52/h2,11-18,25-26,29-32H,1,3-10,19-24,27-28,33-34H2,(H-,48,49,53,54)/p+1/b13-11+,35-15+,47-18?. The topological polar surface area (TPSA) is 80.9 Å². The lowest BCUT2D eigenvalue weighted by molar-refractivity contribution is -0.684. The van der Waals surface area contributed by atoms with Crippen molar-refractivity contribution in [2.24, 2.45) is 4.99 Å². The van der Waals surface area contributed by atoms with Crippen molar-refractivity contribution in [3.8, 4) is 0 Å². The Labute approximate surface area is 340 Å². The maximum Gasteiger partial charge on any atom is 0.286 e. The van der Waals surface area contributed by atoms with Crippen molar-refractivity contribution < 1.29 is 14.2 Å². The number of hydrogen-bond acceptors (Lipinski definition) is 7. The van der Waals surface area contributed by atoms with E-state index in [1.807, 2.05) is 29.1 Å². The molecule has 5 heterocycles. The fourth-order valence-corrected chi connectivity index (χ4v) is 10.1. The molecule has 0 aliphatic carbocycles. The molecule has 1 aromatic heterocycles. The van der Waals surface area contributed by atoms with Crippen LogP contribution in [0.5, 0.6) is 0 Å². The first-order chi connectivity index (χ1) is 27.5. The molecule has 2 aromatic carbocycles. The largest absolute Gasteiger partial charge is 0.371 e. The fourth-order valence-electron chi connectivity index (χ4n) is 8.25. The molecule has 3 aromatic rings. The van der Waals surface area contributed by atoms with Gasteiger partial charge in [-0.25, -0.2) is 0 Å². The zero-order valence-corrected chi connectivity index (χ0v) is 34.2. The molecule has 4 aliphatic rings. The van der Waals surface area contributed by atoms with E-state index < -0.39 is 0 Å². The van der Waals surface area contributed by atoms with Crippen molar-refractivity contribution in [2.75, 3.05) is 67.1 Å². The maximum absolute atomic E-state index is 12.5. The summed E-state index contributed by atoms with van der Waals surface area (Å²) >= 11 is 0. The third kappa shape index (κ3) is 10.9. The Morgan fingerprint density at radius 1 is 0.714 bits per heavy atom. The highest BCUT2D eigenvalue weighted by Crippen LogP contribution is 2.37. The number of nitrogens with one attached hydrogen (secondary N) is 2.